The Balaban J connectivity index is 1.50. The van der Waals surface area contributed by atoms with Crippen molar-refractivity contribution in [1.82, 2.24) is 20.6 Å². The first-order valence-electron chi connectivity index (χ1n) is 8.33. The predicted molar refractivity (Wildman–Crippen MR) is 102 cm³/mol. The fourth-order valence-electron chi connectivity index (χ4n) is 2.65. The minimum atomic E-state index is -0.225. The number of aryl methyl sites for hydroxylation is 1. The number of rotatable bonds is 6. The molecule has 0 radical (unpaired) electrons. The molecule has 0 aliphatic heterocycles. The van der Waals surface area contributed by atoms with Crippen molar-refractivity contribution in [2.45, 2.75) is 26.3 Å². The SMILES string of the molecule is CCc1cnc(CNC(=NC)NCCc2c[nH]c3cc(F)ccc23)s1. The first-order chi connectivity index (χ1) is 12.2. The summed E-state index contributed by atoms with van der Waals surface area (Å²) in [5.74, 6) is 0.524. The molecule has 132 valence electrons. The van der Waals surface area contributed by atoms with Crippen molar-refractivity contribution in [2.24, 2.45) is 4.99 Å². The van der Waals surface area contributed by atoms with Crippen molar-refractivity contribution in [1.29, 1.82) is 0 Å². The average Bonchev–Trinajstić information content (AvgIpc) is 3.24. The van der Waals surface area contributed by atoms with E-state index in [1.54, 1.807) is 18.4 Å². The monoisotopic (exact) mass is 359 g/mol. The average molecular weight is 359 g/mol. The van der Waals surface area contributed by atoms with Gasteiger partial charge in [0.25, 0.3) is 0 Å². The Morgan fingerprint density at radius 2 is 2.24 bits per heavy atom. The molecule has 0 saturated carbocycles. The third-order valence-corrected chi connectivity index (χ3v) is 5.14. The zero-order chi connectivity index (χ0) is 17.6. The molecule has 0 aliphatic rings. The number of hydrogen-bond donors (Lipinski definition) is 3. The van der Waals surface area contributed by atoms with Gasteiger partial charge < -0.3 is 15.6 Å². The van der Waals surface area contributed by atoms with E-state index < -0.39 is 0 Å². The number of aromatic amines is 1. The topological polar surface area (TPSA) is 65.1 Å². The summed E-state index contributed by atoms with van der Waals surface area (Å²) in [5.41, 5.74) is 1.98. The van der Waals surface area contributed by atoms with Gasteiger partial charge in [-0.05, 0) is 36.6 Å². The lowest BCUT2D eigenvalue weighted by molar-refractivity contribution is 0.629. The molecular formula is C18H22FN5S. The largest absolute Gasteiger partial charge is 0.361 e. The van der Waals surface area contributed by atoms with Crippen LogP contribution in [-0.4, -0.2) is 29.5 Å². The summed E-state index contributed by atoms with van der Waals surface area (Å²) in [6, 6.07) is 4.83. The first-order valence-corrected chi connectivity index (χ1v) is 9.15. The Morgan fingerprint density at radius 3 is 3.00 bits per heavy atom. The summed E-state index contributed by atoms with van der Waals surface area (Å²) in [7, 11) is 1.75. The molecule has 0 amide bonds. The van der Waals surface area contributed by atoms with Crippen molar-refractivity contribution < 1.29 is 4.39 Å². The molecule has 0 aliphatic carbocycles. The van der Waals surface area contributed by atoms with E-state index in [4.69, 9.17) is 0 Å². The Bertz CT molecular complexity index is 867. The number of aliphatic imine (C=N–C) groups is 1. The van der Waals surface area contributed by atoms with E-state index in [0.29, 0.717) is 6.54 Å². The Hall–Kier alpha value is -2.41. The van der Waals surface area contributed by atoms with Gasteiger partial charge in [0.1, 0.15) is 10.8 Å². The zero-order valence-corrected chi connectivity index (χ0v) is 15.2. The van der Waals surface area contributed by atoms with E-state index >= 15 is 0 Å². The molecule has 1 aromatic carbocycles. The third kappa shape index (κ3) is 4.36. The van der Waals surface area contributed by atoms with Crippen LogP contribution in [0.2, 0.25) is 0 Å². The number of nitrogens with one attached hydrogen (secondary N) is 3. The summed E-state index contributed by atoms with van der Waals surface area (Å²) in [6.07, 6.45) is 5.70. The Kier molecular flexibility index (Phi) is 5.65. The molecule has 0 saturated heterocycles. The molecule has 3 aromatic rings. The lowest BCUT2D eigenvalue weighted by Gasteiger charge is -2.10. The molecule has 25 heavy (non-hydrogen) atoms. The lowest BCUT2D eigenvalue weighted by Crippen LogP contribution is -2.37. The molecule has 0 bridgehead atoms. The van der Waals surface area contributed by atoms with E-state index in [9.17, 15) is 4.39 Å². The molecular weight excluding hydrogens is 337 g/mol. The van der Waals surface area contributed by atoms with Gasteiger partial charge in [-0.3, -0.25) is 4.99 Å². The molecule has 0 unspecified atom stereocenters. The number of aromatic nitrogens is 2. The van der Waals surface area contributed by atoms with Gasteiger partial charge >= 0.3 is 0 Å². The minimum absolute atomic E-state index is 0.225. The maximum atomic E-state index is 13.2. The number of thiazole rings is 1. The van der Waals surface area contributed by atoms with E-state index in [1.165, 1.54) is 17.0 Å². The summed E-state index contributed by atoms with van der Waals surface area (Å²) in [5, 5.41) is 8.69. The molecule has 7 heteroatoms. The normalized spacial score (nSPS) is 11.9. The van der Waals surface area contributed by atoms with Gasteiger partial charge in [0.15, 0.2) is 5.96 Å². The van der Waals surface area contributed by atoms with Crippen LogP contribution in [0.1, 0.15) is 22.4 Å². The van der Waals surface area contributed by atoms with Crippen molar-refractivity contribution in [3.05, 3.63) is 51.9 Å². The second kappa shape index (κ2) is 8.11. The minimum Gasteiger partial charge on any atom is -0.361 e. The van der Waals surface area contributed by atoms with Crippen LogP contribution in [0.5, 0.6) is 0 Å². The fraction of sp³-hybridized carbons (Fsp3) is 0.333. The van der Waals surface area contributed by atoms with Crippen LogP contribution >= 0.6 is 11.3 Å². The second-order valence-electron chi connectivity index (χ2n) is 5.68. The fourth-order valence-corrected chi connectivity index (χ4v) is 3.46. The summed E-state index contributed by atoms with van der Waals surface area (Å²) in [6.45, 7) is 3.53. The van der Waals surface area contributed by atoms with E-state index in [0.717, 1.165) is 46.8 Å². The number of nitrogens with zero attached hydrogens (tertiary/aromatic N) is 2. The number of hydrogen-bond acceptors (Lipinski definition) is 3. The Labute approximate surface area is 150 Å². The van der Waals surface area contributed by atoms with Crippen molar-refractivity contribution in [2.75, 3.05) is 13.6 Å². The van der Waals surface area contributed by atoms with Gasteiger partial charge in [-0.2, -0.15) is 0 Å². The van der Waals surface area contributed by atoms with Crippen LogP contribution in [0, 0.1) is 5.82 Å². The molecule has 3 N–H and O–H groups in total. The number of guanidine groups is 1. The number of halogens is 1. The smallest absolute Gasteiger partial charge is 0.191 e. The van der Waals surface area contributed by atoms with Crippen LogP contribution in [-0.2, 0) is 19.4 Å². The van der Waals surface area contributed by atoms with E-state index in [-0.39, 0.29) is 5.82 Å². The van der Waals surface area contributed by atoms with Crippen LogP contribution in [0.25, 0.3) is 10.9 Å². The van der Waals surface area contributed by atoms with E-state index in [2.05, 4.69) is 32.5 Å². The number of fused-ring (bicyclic) bond motifs is 1. The van der Waals surface area contributed by atoms with Gasteiger partial charge in [-0.15, -0.1) is 11.3 Å². The maximum absolute atomic E-state index is 13.2. The summed E-state index contributed by atoms with van der Waals surface area (Å²) >= 11 is 1.72. The van der Waals surface area contributed by atoms with Gasteiger partial charge in [0.2, 0.25) is 0 Å². The predicted octanol–water partition coefficient (Wildman–Crippen LogP) is 3.23. The van der Waals surface area contributed by atoms with Crippen LogP contribution in [0.15, 0.2) is 35.6 Å². The highest BCUT2D eigenvalue weighted by Gasteiger charge is 2.06. The van der Waals surface area contributed by atoms with Gasteiger partial charge in [0.05, 0.1) is 6.54 Å². The van der Waals surface area contributed by atoms with E-state index in [1.807, 2.05) is 18.5 Å². The second-order valence-corrected chi connectivity index (χ2v) is 6.88. The highest BCUT2D eigenvalue weighted by molar-refractivity contribution is 7.11. The van der Waals surface area contributed by atoms with Crippen molar-refractivity contribution >= 4 is 28.2 Å². The molecule has 0 spiro atoms. The lowest BCUT2D eigenvalue weighted by atomic mass is 10.1. The van der Waals surface area contributed by atoms with Crippen molar-refractivity contribution in [3.8, 4) is 0 Å². The zero-order valence-electron chi connectivity index (χ0n) is 14.4. The summed E-state index contributed by atoms with van der Waals surface area (Å²) in [4.78, 5) is 13.0. The molecule has 3 rings (SSSR count). The molecule has 2 heterocycles. The molecule has 2 aromatic heterocycles. The van der Waals surface area contributed by atoms with Gasteiger partial charge in [0, 0.05) is 41.8 Å². The highest BCUT2D eigenvalue weighted by atomic mass is 32.1. The summed E-state index contributed by atoms with van der Waals surface area (Å²) < 4.78 is 13.2. The molecule has 5 nitrogen and oxygen atoms in total. The number of H-pyrrole nitrogens is 1. The number of benzene rings is 1. The first kappa shape index (κ1) is 17.4. The molecule has 0 atom stereocenters. The third-order valence-electron chi connectivity index (χ3n) is 4.00. The van der Waals surface area contributed by atoms with Crippen LogP contribution in [0.3, 0.4) is 0 Å². The highest BCUT2D eigenvalue weighted by Crippen LogP contribution is 2.19. The van der Waals surface area contributed by atoms with Gasteiger partial charge in [-0.25, -0.2) is 9.37 Å². The quantitative estimate of drug-likeness (QED) is 0.468. The Morgan fingerprint density at radius 1 is 1.36 bits per heavy atom. The molecule has 0 fully saturated rings. The maximum Gasteiger partial charge on any atom is 0.191 e. The standard InChI is InChI=1S/C18H22FN5S/c1-3-14-10-23-17(25-14)11-24-18(20-2)21-7-6-12-9-22-16-8-13(19)4-5-15(12)16/h4-5,8-10,22H,3,6-7,11H2,1-2H3,(H2,20,21,24). The van der Waals surface area contributed by atoms with Gasteiger partial charge in [-0.1, -0.05) is 6.92 Å². The van der Waals surface area contributed by atoms with Crippen LogP contribution in [0.4, 0.5) is 4.39 Å². The van der Waals surface area contributed by atoms with Crippen LogP contribution < -0.4 is 10.6 Å². The van der Waals surface area contributed by atoms with Crippen molar-refractivity contribution in [3.63, 3.8) is 0 Å².